The normalized spacial score (nSPS) is 10.6. The van der Waals surface area contributed by atoms with E-state index in [-0.39, 0.29) is 5.91 Å². The summed E-state index contributed by atoms with van der Waals surface area (Å²) in [4.78, 5) is 13.2. The monoisotopic (exact) mass is 201 g/mol. The number of carbonyl (C=O) groups is 1. The number of nitrogens with one attached hydrogen (secondary N) is 2. The Morgan fingerprint density at radius 1 is 1.29 bits per heavy atom. The van der Waals surface area contributed by atoms with E-state index < -0.39 is 0 Å². The van der Waals surface area contributed by atoms with Crippen LogP contribution in [0, 0.1) is 0 Å². The summed E-state index contributed by atoms with van der Waals surface area (Å²) >= 11 is 0. The first-order valence-corrected chi connectivity index (χ1v) is 5.38. The predicted octanol–water partition coefficient (Wildman–Crippen LogP) is 0.0539. The summed E-state index contributed by atoms with van der Waals surface area (Å²) in [6.07, 6.45) is 1.10. The average Bonchev–Trinajstić information content (AvgIpc) is 2.23. The van der Waals surface area contributed by atoms with Crippen LogP contribution in [0.5, 0.6) is 0 Å². The maximum Gasteiger partial charge on any atom is 0.233 e. The SMILES string of the molecule is CCN(CC)CCCNCC(=O)NC. The van der Waals surface area contributed by atoms with Crippen LogP contribution >= 0.6 is 0 Å². The van der Waals surface area contributed by atoms with Gasteiger partial charge >= 0.3 is 0 Å². The molecular weight excluding hydrogens is 178 g/mol. The topological polar surface area (TPSA) is 44.4 Å². The van der Waals surface area contributed by atoms with E-state index in [0.717, 1.165) is 32.6 Å². The van der Waals surface area contributed by atoms with Crippen molar-refractivity contribution in [3.8, 4) is 0 Å². The molecule has 0 saturated carbocycles. The van der Waals surface area contributed by atoms with Crippen LogP contribution in [0.2, 0.25) is 0 Å². The Morgan fingerprint density at radius 3 is 2.43 bits per heavy atom. The third-order valence-electron chi connectivity index (χ3n) is 2.29. The highest BCUT2D eigenvalue weighted by Crippen LogP contribution is 1.88. The molecule has 0 aliphatic carbocycles. The van der Waals surface area contributed by atoms with Crippen molar-refractivity contribution in [2.45, 2.75) is 20.3 Å². The highest BCUT2D eigenvalue weighted by molar-refractivity contribution is 5.77. The van der Waals surface area contributed by atoms with Gasteiger partial charge in [0.25, 0.3) is 0 Å². The van der Waals surface area contributed by atoms with Crippen molar-refractivity contribution in [3.63, 3.8) is 0 Å². The second-order valence-electron chi connectivity index (χ2n) is 3.23. The zero-order chi connectivity index (χ0) is 10.8. The number of hydrogen-bond acceptors (Lipinski definition) is 3. The lowest BCUT2D eigenvalue weighted by Crippen LogP contribution is -2.33. The molecule has 0 aromatic heterocycles. The fraction of sp³-hybridized carbons (Fsp3) is 0.900. The second-order valence-corrected chi connectivity index (χ2v) is 3.23. The van der Waals surface area contributed by atoms with Crippen molar-refractivity contribution in [1.29, 1.82) is 0 Å². The molecule has 0 aromatic rings. The standard InChI is InChI=1S/C10H23N3O/c1-4-13(5-2)8-6-7-12-9-10(14)11-3/h12H,4-9H2,1-3H3,(H,11,14). The molecule has 0 heterocycles. The van der Waals surface area contributed by atoms with Crippen molar-refractivity contribution in [1.82, 2.24) is 15.5 Å². The van der Waals surface area contributed by atoms with Crippen LogP contribution in [-0.4, -0.2) is 50.6 Å². The molecule has 0 rings (SSSR count). The van der Waals surface area contributed by atoms with Gasteiger partial charge in [0.05, 0.1) is 6.54 Å². The van der Waals surface area contributed by atoms with E-state index in [1.807, 2.05) is 0 Å². The van der Waals surface area contributed by atoms with Gasteiger partial charge in [-0.3, -0.25) is 4.79 Å². The number of hydrogen-bond donors (Lipinski definition) is 2. The number of rotatable bonds is 8. The molecule has 2 N–H and O–H groups in total. The molecule has 0 unspecified atom stereocenters. The number of nitrogens with zero attached hydrogens (tertiary/aromatic N) is 1. The zero-order valence-electron chi connectivity index (χ0n) is 9.60. The van der Waals surface area contributed by atoms with Crippen molar-refractivity contribution >= 4 is 5.91 Å². The van der Waals surface area contributed by atoms with Crippen LogP contribution in [0.1, 0.15) is 20.3 Å². The minimum atomic E-state index is 0.0489. The van der Waals surface area contributed by atoms with Crippen LogP contribution in [0.3, 0.4) is 0 Å². The van der Waals surface area contributed by atoms with Gasteiger partial charge in [-0.05, 0) is 32.6 Å². The number of likely N-dealkylation sites (N-methyl/N-ethyl adjacent to an activating group) is 1. The fourth-order valence-electron chi connectivity index (χ4n) is 1.26. The van der Waals surface area contributed by atoms with Gasteiger partial charge in [-0.1, -0.05) is 13.8 Å². The maximum absolute atomic E-state index is 10.8. The first-order valence-electron chi connectivity index (χ1n) is 5.38. The molecule has 0 saturated heterocycles. The fourth-order valence-corrected chi connectivity index (χ4v) is 1.26. The quantitative estimate of drug-likeness (QED) is 0.546. The summed E-state index contributed by atoms with van der Waals surface area (Å²) < 4.78 is 0. The minimum absolute atomic E-state index is 0.0489. The highest BCUT2D eigenvalue weighted by Gasteiger charge is 1.99. The maximum atomic E-state index is 10.8. The lowest BCUT2D eigenvalue weighted by atomic mass is 10.3. The van der Waals surface area contributed by atoms with E-state index >= 15 is 0 Å². The largest absolute Gasteiger partial charge is 0.358 e. The molecule has 0 aliphatic heterocycles. The van der Waals surface area contributed by atoms with Gasteiger partial charge in [-0.2, -0.15) is 0 Å². The molecule has 0 aliphatic rings. The lowest BCUT2D eigenvalue weighted by Gasteiger charge is -2.17. The summed E-state index contributed by atoms with van der Waals surface area (Å²) in [6, 6.07) is 0. The molecule has 84 valence electrons. The van der Waals surface area contributed by atoms with Gasteiger partial charge in [0.1, 0.15) is 0 Å². The van der Waals surface area contributed by atoms with Crippen LogP contribution in [-0.2, 0) is 4.79 Å². The number of amides is 1. The predicted molar refractivity (Wildman–Crippen MR) is 59.3 cm³/mol. The van der Waals surface area contributed by atoms with Gasteiger partial charge in [0.2, 0.25) is 5.91 Å². The molecule has 0 aromatic carbocycles. The Bertz CT molecular complexity index is 146. The Morgan fingerprint density at radius 2 is 1.93 bits per heavy atom. The first-order chi connectivity index (χ1) is 6.74. The molecule has 0 atom stereocenters. The number of carbonyl (C=O) groups excluding carboxylic acids is 1. The summed E-state index contributed by atoms with van der Waals surface area (Å²) in [6.45, 7) is 8.98. The smallest absolute Gasteiger partial charge is 0.233 e. The highest BCUT2D eigenvalue weighted by atomic mass is 16.1. The van der Waals surface area contributed by atoms with E-state index in [4.69, 9.17) is 0 Å². The van der Waals surface area contributed by atoms with Crippen LogP contribution in [0.25, 0.3) is 0 Å². The summed E-state index contributed by atoms with van der Waals surface area (Å²) in [7, 11) is 1.65. The van der Waals surface area contributed by atoms with Gasteiger partial charge in [0, 0.05) is 7.05 Å². The summed E-state index contributed by atoms with van der Waals surface area (Å²) in [5, 5.41) is 5.68. The van der Waals surface area contributed by atoms with Gasteiger partial charge in [-0.15, -0.1) is 0 Å². The summed E-state index contributed by atoms with van der Waals surface area (Å²) in [5.74, 6) is 0.0489. The van der Waals surface area contributed by atoms with Crippen LogP contribution < -0.4 is 10.6 Å². The Labute approximate surface area is 87.0 Å². The third kappa shape index (κ3) is 6.86. The van der Waals surface area contributed by atoms with E-state index in [9.17, 15) is 4.79 Å². The first kappa shape index (κ1) is 13.4. The molecule has 0 fully saturated rings. The molecule has 1 amide bonds. The minimum Gasteiger partial charge on any atom is -0.358 e. The molecule has 4 nitrogen and oxygen atoms in total. The van der Waals surface area contributed by atoms with Gasteiger partial charge in [0.15, 0.2) is 0 Å². The lowest BCUT2D eigenvalue weighted by molar-refractivity contribution is -0.119. The molecule has 4 heteroatoms. The van der Waals surface area contributed by atoms with Crippen LogP contribution in [0.4, 0.5) is 0 Å². The second kappa shape index (κ2) is 8.97. The molecule has 14 heavy (non-hydrogen) atoms. The molecule has 0 spiro atoms. The Kier molecular flexibility index (Phi) is 8.57. The van der Waals surface area contributed by atoms with E-state index in [1.54, 1.807) is 7.05 Å². The van der Waals surface area contributed by atoms with Crippen molar-refractivity contribution in [2.24, 2.45) is 0 Å². The van der Waals surface area contributed by atoms with Crippen molar-refractivity contribution < 1.29 is 4.79 Å². The Hall–Kier alpha value is -0.610. The summed E-state index contributed by atoms with van der Waals surface area (Å²) in [5.41, 5.74) is 0. The zero-order valence-corrected chi connectivity index (χ0v) is 9.60. The average molecular weight is 201 g/mol. The molecule has 0 radical (unpaired) electrons. The third-order valence-corrected chi connectivity index (χ3v) is 2.29. The molecular formula is C10H23N3O. The van der Waals surface area contributed by atoms with Crippen molar-refractivity contribution in [3.05, 3.63) is 0 Å². The van der Waals surface area contributed by atoms with Crippen molar-refractivity contribution in [2.75, 3.05) is 39.8 Å². The van der Waals surface area contributed by atoms with E-state index in [2.05, 4.69) is 29.4 Å². The van der Waals surface area contributed by atoms with Gasteiger partial charge < -0.3 is 15.5 Å². The Balaban J connectivity index is 3.24. The van der Waals surface area contributed by atoms with Gasteiger partial charge in [-0.25, -0.2) is 0 Å². The van der Waals surface area contributed by atoms with Crippen LogP contribution in [0.15, 0.2) is 0 Å². The van der Waals surface area contributed by atoms with E-state index in [0.29, 0.717) is 6.54 Å². The molecule has 0 bridgehead atoms. The van der Waals surface area contributed by atoms with E-state index in [1.165, 1.54) is 0 Å².